The van der Waals surface area contributed by atoms with E-state index in [1.807, 2.05) is 6.92 Å². The maximum absolute atomic E-state index is 12.1. The molecule has 1 aromatic carbocycles. The lowest BCUT2D eigenvalue weighted by molar-refractivity contribution is 0.103. The van der Waals surface area contributed by atoms with Crippen LogP contribution >= 0.6 is 23.2 Å². The summed E-state index contributed by atoms with van der Waals surface area (Å²) in [7, 11) is 0. The predicted molar refractivity (Wildman–Crippen MR) is 68.9 cm³/mol. The van der Waals surface area contributed by atoms with Gasteiger partial charge in [0.1, 0.15) is 5.15 Å². The molecule has 1 aromatic heterocycles. The zero-order chi connectivity index (χ0) is 12.4. The van der Waals surface area contributed by atoms with Crippen LogP contribution in [0.3, 0.4) is 0 Å². The molecule has 2 aromatic rings. The molecule has 0 radical (unpaired) electrons. The first-order valence-corrected chi connectivity index (χ1v) is 5.77. The molecule has 0 unspecified atom stereocenters. The molecule has 0 fully saturated rings. The van der Waals surface area contributed by atoms with Gasteiger partial charge in [0, 0.05) is 16.3 Å². The molecular weight excluding hydrogens is 257 g/mol. The number of benzene rings is 1. The van der Waals surface area contributed by atoms with Gasteiger partial charge in [-0.2, -0.15) is 0 Å². The second kappa shape index (κ2) is 4.86. The number of nitrogens with zero attached hydrogens (tertiary/aromatic N) is 1. The minimum Gasteiger partial charge on any atom is -0.288 e. The summed E-state index contributed by atoms with van der Waals surface area (Å²) < 4.78 is 0. The van der Waals surface area contributed by atoms with Gasteiger partial charge in [0.05, 0.1) is 5.56 Å². The van der Waals surface area contributed by atoms with Crippen LogP contribution in [0.25, 0.3) is 0 Å². The van der Waals surface area contributed by atoms with E-state index in [0.717, 1.165) is 5.69 Å². The van der Waals surface area contributed by atoms with Crippen LogP contribution in [0.1, 0.15) is 21.6 Å². The van der Waals surface area contributed by atoms with E-state index in [0.29, 0.717) is 16.1 Å². The molecule has 2 nitrogen and oxygen atoms in total. The van der Waals surface area contributed by atoms with E-state index in [2.05, 4.69) is 4.98 Å². The summed E-state index contributed by atoms with van der Waals surface area (Å²) in [6.07, 6.45) is 0. The summed E-state index contributed by atoms with van der Waals surface area (Å²) in [5.74, 6) is -0.154. The number of carbonyl (C=O) groups is 1. The van der Waals surface area contributed by atoms with Crippen molar-refractivity contribution in [3.63, 3.8) is 0 Å². The van der Waals surface area contributed by atoms with Crippen LogP contribution < -0.4 is 0 Å². The number of aromatic nitrogens is 1. The Morgan fingerprint density at radius 3 is 2.29 bits per heavy atom. The molecule has 4 heteroatoms. The Balaban J connectivity index is 2.40. The third kappa shape index (κ3) is 2.65. The summed E-state index contributed by atoms with van der Waals surface area (Å²) in [5, 5.41) is 0.819. The van der Waals surface area contributed by atoms with Crippen molar-refractivity contribution in [2.75, 3.05) is 0 Å². The Hall–Kier alpha value is -1.38. The molecule has 0 aliphatic rings. The van der Waals surface area contributed by atoms with Gasteiger partial charge in [0.2, 0.25) is 0 Å². The molecule has 86 valence electrons. The fraction of sp³-hybridized carbons (Fsp3) is 0.0769. The highest BCUT2D eigenvalue weighted by Gasteiger charge is 2.13. The lowest BCUT2D eigenvalue weighted by Gasteiger charge is -2.04. The lowest BCUT2D eigenvalue weighted by atomic mass is 10.1. The van der Waals surface area contributed by atoms with Gasteiger partial charge in [-0.3, -0.25) is 4.79 Å². The maximum Gasteiger partial charge on any atom is 0.196 e. The number of halogens is 2. The SMILES string of the molecule is Cc1ccc(C(=O)c2ccc(Cl)cc2)c(Cl)n1. The van der Waals surface area contributed by atoms with Crippen molar-refractivity contribution in [3.8, 4) is 0 Å². The van der Waals surface area contributed by atoms with Crippen LogP contribution in [-0.2, 0) is 0 Å². The molecule has 0 atom stereocenters. The van der Waals surface area contributed by atoms with Gasteiger partial charge in [-0.05, 0) is 43.3 Å². The quantitative estimate of drug-likeness (QED) is 0.609. The lowest BCUT2D eigenvalue weighted by Crippen LogP contribution is -2.03. The average Bonchev–Trinajstić information content (AvgIpc) is 2.29. The largest absolute Gasteiger partial charge is 0.288 e. The summed E-state index contributed by atoms with van der Waals surface area (Å²) in [6, 6.07) is 10.1. The van der Waals surface area contributed by atoms with E-state index in [4.69, 9.17) is 23.2 Å². The summed E-state index contributed by atoms with van der Waals surface area (Å²) >= 11 is 11.7. The highest BCUT2D eigenvalue weighted by Crippen LogP contribution is 2.19. The third-order valence-electron chi connectivity index (χ3n) is 2.34. The molecule has 2 rings (SSSR count). The molecular formula is C13H9Cl2NO. The van der Waals surface area contributed by atoms with E-state index >= 15 is 0 Å². The molecule has 0 N–H and O–H groups in total. The van der Waals surface area contributed by atoms with Gasteiger partial charge in [-0.1, -0.05) is 23.2 Å². The van der Waals surface area contributed by atoms with Crippen LogP contribution in [0.5, 0.6) is 0 Å². The zero-order valence-electron chi connectivity index (χ0n) is 9.08. The molecule has 0 spiro atoms. The van der Waals surface area contributed by atoms with Crippen molar-refractivity contribution in [2.24, 2.45) is 0 Å². The fourth-order valence-corrected chi connectivity index (χ4v) is 1.86. The summed E-state index contributed by atoms with van der Waals surface area (Å²) in [5.41, 5.74) is 1.73. The summed E-state index contributed by atoms with van der Waals surface area (Å²) in [6.45, 7) is 1.82. The normalized spacial score (nSPS) is 10.3. The van der Waals surface area contributed by atoms with Crippen molar-refractivity contribution in [1.82, 2.24) is 4.98 Å². The first-order chi connectivity index (χ1) is 8.08. The Morgan fingerprint density at radius 2 is 1.71 bits per heavy atom. The minimum atomic E-state index is -0.154. The number of rotatable bonds is 2. The Kier molecular flexibility index (Phi) is 3.46. The van der Waals surface area contributed by atoms with Crippen LogP contribution in [0.15, 0.2) is 36.4 Å². The van der Waals surface area contributed by atoms with Crippen molar-refractivity contribution < 1.29 is 4.79 Å². The van der Waals surface area contributed by atoms with Gasteiger partial charge >= 0.3 is 0 Å². The fourth-order valence-electron chi connectivity index (χ4n) is 1.45. The zero-order valence-corrected chi connectivity index (χ0v) is 10.6. The molecule has 0 bridgehead atoms. The van der Waals surface area contributed by atoms with E-state index in [-0.39, 0.29) is 10.9 Å². The molecule has 0 amide bonds. The summed E-state index contributed by atoms with van der Waals surface area (Å²) in [4.78, 5) is 16.2. The van der Waals surface area contributed by atoms with E-state index in [1.165, 1.54) is 0 Å². The Bertz CT molecular complexity index is 564. The first-order valence-electron chi connectivity index (χ1n) is 5.01. The third-order valence-corrected chi connectivity index (χ3v) is 2.88. The van der Waals surface area contributed by atoms with Gasteiger partial charge in [-0.25, -0.2) is 4.98 Å². The number of aryl methyl sites for hydroxylation is 1. The minimum absolute atomic E-state index is 0.154. The van der Waals surface area contributed by atoms with Crippen LogP contribution in [0.4, 0.5) is 0 Å². The van der Waals surface area contributed by atoms with E-state index in [1.54, 1.807) is 36.4 Å². The average molecular weight is 266 g/mol. The number of pyridine rings is 1. The van der Waals surface area contributed by atoms with Crippen molar-refractivity contribution in [2.45, 2.75) is 6.92 Å². The number of carbonyl (C=O) groups excluding carboxylic acids is 1. The molecule has 0 aliphatic heterocycles. The van der Waals surface area contributed by atoms with Gasteiger partial charge in [0.25, 0.3) is 0 Å². The number of hydrogen-bond donors (Lipinski definition) is 0. The van der Waals surface area contributed by atoms with Crippen molar-refractivity contribution in [1.29, 1.82) is 0 Å². The monoisotopic (exact) mass is 265 g/mol. The molecule has 0 aliphatic carbocycles. The van der Waals surface area contributed by atoms with Crippen LogP contribution in [-0.4, -0.2) is 10.8 Å². The Morgan fingerprint density at radius 1 is 1.06 bits per heavy atom. The Labute approximate surface area is 109 Å². The highest BCUT2D eigenvalue weighted by atomic mass is 35.5. The predicted octanol–water partition coefficient (Wildman–Crippen LogP) is 3.93. The topological polar surface area (TPSA) is 30.0 Å². The van der Waals surface area contributed by atoms with Gasteiger partial charge < -0.3 is 0 Å². The van der Waals surface area contributed by atoms with Crippen molar-refractivity contribution in [3.05, 3.63) is 63.4 Å². The second-order valence-corrected chi connectivity index (χ2v) is 4.42. The number of hydrogen-bond acceptors (Lipinski definition) is 2. The molecule has 1 heterocycles. The van der Waals surface area contributed by atoms with Gasteiger partial charge in [0.15, 0.2) is 5.78 Å². The van der Waals surface area contributed by atoms with E-state index in [9.17, 15) is 4.79 Å². The van der Waals surface area contributed by atoms with Crippen molar-refractivity contribution >= 4 is 29.0 Å². The smallest absolute Gasteiger partial charge is 0.196 e. The van der Waals surface area contributed by atoms with Crippen LogP contribution in [0, 0.1) is 6.92 Å². The van der Waals surface area contributed by atoms with E-state index < -0.39 is 0 Å². The molecule has 0 saturated heterocycles. The number of ketones is 1. The van der Waals surface area contributed by atoms with Gasteiger partial charge in [-0.15, -0.1) is 0 Å². The van der Waals surface area contributed by atoms with Crippen LogP contribution in [0.2, 0.25) is 10.2 Å². The second-order valence-electron chi connectivity index (χ2n) is 3.63. The highest BCUT2D eigenvalue weighted by molar-refractivity contribution is 6.34. The first kappa shape index (κ1) is 12.1. The molecule has 0 saturated carbocycles. The standard InChI is InChI=1S/C13H9Cl2NO/c1-8-2-7-11(13(15)16-8)12(17)9-3-5-10(14)6-4-9/h2-7H,1H3. The maximum atomic E-state index is 12.1. The molecule has 17 heavy (non-hydrogen) atoms.